The van der Waals surface area contributed by atoms with E-state index in [4.69, 9.17) is 21.4 Å². The molecule has 36 heavy (non-hydrogen) atoms. The number of nitrogens with one attached hydrogen (secondary N) is 3. The highest BCUT2D eigenvalue weighted by molar-refractivity contribution is 6.30. The highest BCUT2D eigenvalue weighted by atomic mass is 35.5. The number of likely N-dealkylation sites (N-methyl/N-ethyl adjacent to an activating group) is 1. The number of alkyl halides is 1. The SMILES string of the molecule is CNCC(CC1(F)CCCCC1)NC(=O)N1CCCC(C(OCCNC(=O)O)c2cccc(Cl)c2)C1. The van der Waals surface area contributed by atoms with Crippen LogP contribution in [0, 0.1) is 5.92 Å². The number of hydrogen-bond donors (Lipinski definition) is 4. The number of likely N-dealkylation sites (tertiary alicyclic amines) is 1. The average molecular weight is 527 g/mol. The predicted molar refractivity (Wildman–Crippen MR) is 138 cm³/mol. The number of nitrogens with zero attached hydrogens (tertiary/aromatic N) is 1. The number of amides is 3. The highest BCUT2D eigenvalue weighted by Gasteiger charge is 2.36. The van der Waals surface area contributed by atoms with Crippen molar-refractivity contribution in [2.75, 3.05) is 39.8 Å². The first-order valence-electron chi connectivity index (χ1n) is 13.0. The van der Waals surface area contributed by atoms with Gasteiger partial charge in [0.15, 0.2) is 0 Å². The first kappa shape index (κ1) is 28.5. The number of benzene rings is 1. The molecule has 2 fully saturated rings. The van der Waals surface area contributed by atoms with Crippen LogP contribution in [0.3, 0.4) is 0 Å². The molecule has 4 N–H and O–H groups in total. The Kier molecular flexibility index (Phi) is 11.1. The lowest BCUT2D eigenvalue weighted by molar-refractivity contribution is -0.00864. The molecule has 10 heteroatoms. The van der Waals surface area contributed by atoms with Gasteiger partial charge in [0.05, 0.1) is 12.7 Å². The number of carbonyl (C=O) groups is 2. The van der Waals surface area contributed by atoms with Crippen molar-refractivity contribution in [1.82, 2.24) is 20.9 Å². The second kappa shape index (κ2) is 14.0. The third-order valence-electron chi connectivity index (χ3n) is 7.17. The first-order valence-corrected chi connectivity index (χ1v) is 13.4. The lowest BCUT2D eigenvalue weighted by Crippen LogP contribution is -2.53. The Balaban J connectivity index is 1.64. The van der Waals surface area contributed by atoms with E-state index in [1.807, 2.05) is 25.2 Å². The van der Waals surface area contributed by atoms with Gasteiger partial charge in [-0.05, 0) is 50.4 Å². The zero-order valence-electron chi connectivity index (χ0n) is 21.1. The Morgan fingerprint density at radius 2 is 2.06 bits per heavy atom. The van der Waals surface area contributed by atoms with Crippen LogP contribution in [0.2, 0.25) is 5.02 Å². The molecule has 3 atom stereocenters. The molecule has 3 rings (SSSR count). The minimum Gasteiger partial charge on any atom is -0.465 e. The molecule has 0 aromatic heterocycles. The summed E-state index contributed by atoms with van der Waals surface area (Å²) in [4.78, 5) is 25.8. The Morgan fingerprint density at radius 1 is 1.28 bits per heavy atom. The molecule has 2 aliphatic rings. The van der Waals surface area contributed by atoms with Crippen molar-refractivity contribution in [3.8, 4) is 0 Å². The van der Waals surface area contributed by atoms with Crippen LogP contribution in [0.4, 0.5) is 14.0 Å². The Labute approximate surface area is 218 Å². The number of carbonyl (C=O) groups excluding carboxylic acids is 1. The molecule has 3 amide bonds. The highest BCUT2D eigenvalue weighted by Crippen LogP contribution is 2.36. The summed E-state index contributed by atoms with van der Waals surface area (Å²) >= 11 is 6.23. The van der Waals surface area contributed by atoms with E-state index >= 15 is 4.39 Å². The van der Waals surface area contributed by atoms with Gasteiger partial charge in [0.1, 0.15) is 5.67 Å². The number of hydrogen-bond acceptors (Lipinski definition) is 4. The number of urea groups is 1. The van der Waals surface area contributed by atoms with E-state index in [2.05, 4.69) is 16.0 Å². The van der Waals surface area contributed by atoms with Gasteiger partial charge in [-0.15, -0.1) is 0 Å². The van der Waals surface area contributed by atoms with Gasteiger partial charge < -0.3 is 30.7 Å². The summed E-state index contributed by atoms with van der Waals surface area (Å²) in [5, 5.41) is 17.9. The van der Waals surface area contributed by atoms with E-state index in [-0.39, 0.29) is 37.2 Å². The maximum absolute atomic E-state index is 15.4. The fraction of sp³-hybridized carbons (Fsp3) is 0.692. The third-order valence-corrected chi connectivity index (χ3v) is 7.40. The summed E-state index contributed by atoms with van der Waals surface area (Å²) < 4.78 is 21.5. The van der Waals surface area contributed by atoms with Crippen LogP contribution in [0.15, 0.2) is 24.3 Å². The van der Waals surface area contributed by atoms with Gasteiger partial charge in [0.2, 0.25) is 0 Å². The second-order valence-electron chi connectivity index (χ2n) is 10.0. The molecule has 0 radical (unpaired) electrons. The normalized spacial score (nSPS) is 21.4. The van der Waals surface area contributed by atoms with Crippen molar-refractivity contribution < 1.29 is 23.8 Å². The third kappa shape index (κ3) is 8.78. The van der Waals surface area contributed by atoms with Gasteiger partial charge in [-0.2, -0.15) is 0 Å². The zero-order chi connectivity index (χ0) is 26.0. The lowest BCUT2D eigenvalue weighted by Gasteiger charge is -2.38. The quantitative estimate of drug-likeness (QED) is 0.312. The van der Waals surface area contributed by atoms with Crippen LogP contribution < -0.4 is 16.0 Å². The summed E-state index contributed by atoms with van der Waals surface area (Å²) in [7, 11) is 1.81. The zero-order valence-corrected chi connectivity index (χ0v) is 21.9. The molecule has 0 spiro atoms. The van der Waals surface area contributed by atoms with Crippen molar-refractivity contribution in [3.63, 3.8) is 0 Å². The largest absolute Gasteiger partial charge is 0.465 e. The van der Waals surface area contributed by atoms with Gasteiger partial charge >= 0.3 is 12.1 Å². The van der Waals surface area contributed by atoms with Crippen molar-refractivity contribution >= 4 is 23.7 Å². The second-order valence-corrected chi connectivity index (χ2v) is 10.5. The maximum atomic E-state index is 15.4. The lowest BCUT2D eigenvalue weighted by atomic mass is 9.82. The van der Waals surface area contributed by atoms with Crippen LogP contribution in [0.1, 0.15) is 63.0 Å². The molecule has 1 aromatic rings. The van der Waals surface area contributed by atoms with E-state index in [1.165, 1.54) is 0 Å². The number of rotatable bonds is 11. The van der Waals surface area contributed by atoms with Crippen LogP contribution in [0.5, 0.6) is 0 Å². The smallest absolute Gasteiger partial charge is 0.404 e. The van der Waals surface area contributed by atoms with Crippen molar-refractivity contribution in [3.05, 3.63) is 34.9 Å². The van der Waals surface area contributed by atoms with Gasteiger partial charge in [-0.25, -0.2) is 14.0 Å². The molecular formula is C26H40ClFN4O4. The monoisotopic (exact) mass is 526 g/mol. The summed E-state index contributed by atoms with van der Waals surface area (Å²) in [5.41, 5.74) is -0.317. The van der Waals surface area contributed by atoms with Gasteiger partial charge in [-0.3, -0.25) is 0 Å². The topological polar surface area (TPSA) is 103 Å². The van der Waals surface area contributed by atoms with E-state index in [0.717, 1.165) is 37.7 Å². The van der Waals surface area contributed by atoms with Crippen molar-refractivity contribution in [2.45, 2.75) is 69.2 Å². The van der Waals surface area contributed by atoms with E-state index in [1.54, 1.807) is 11.0 Å². The minimum atomic E-state index is -1.22. The fourth-order valence-corrected chi connectivity index (χ4v) is 5.69. The van der Waals surface area contributed by atoms with Crippen molar-refractivity contribution in [2.24, 2.45) is 5.92 Å². The van der Waals surface area contributed by atoms with E-state index in [9.17, 15) is 9.59 Å². The van der Waals surface area contributed by atoms with Gasteiger partial charge in [0, 0.05) is 49.6 Å². The van der Waals surface area contributed by atoms with Crippen molar-refractivity contribution in [1.29, 1.82) is 0 Å². The molecular weight excluding hydrogens is 487 g/mol. The fourth-order valence-electron chi connectivity index (χ4n) is 5.49. The molecule has 1 heterocycles. The van der Waals surface area contributed by atoms with Crippen LogP contribution >= 0.6 is 11.6 Å². The molecule has 1 aliphatic heterocycles. The van der Waals surface area contributed by atoms with E-state index < -0.39 is 11.8 Å². The number of piperidine rings is 1. The Morgan fingerprint density at radius 3 is 2.75 bits per heavy atom. The molecule has 202 valence electrons. The summed E-state index contributed by atoms with van der Waals surface area (Å²) in [5.74, 6) is 0.0152. The molecule has 3 unspecified atom stereocenters. The number of ether oxygens (including phenoxy) is 1. The first-order chi connectivity index (χ1) is 17.3. The number of halogens is 2. The van der Waals surface area contributed by atoms with Crippen LogP contribution in [-0.2, 0) is 4.74 Å². The molecule has 1 saturated heterocycles. The standard InChI is InChI=1S/C26H40ClFN4O4/c1-29-17-22(16-26(28)10-3-2-4-11-26)31-24(33)32-13-6-8-20(18-32)23(36-14-12-30-25(34)35)19-7-5-9-21(27)15-19/h5,7,9,15,20,22-23,29-30H,2-4,6,8,10-14,16-18H2,1H3,(H,31,33)(H,34,35). The van der Waals surface area contributed by atoms with Gasteiger partial charge in [-0.1, -0.05) is 43.0 Å². The maximum Gasteiger partial charge on any atom is 0.404 e. The predicted octanol–water partition coefficient (Wildman–Crippen LogP) is 4.74. The summed E-state index contributed by atoms with van der Waals surface area (Å²) in [6.45, 7) is 2.00. The summed E-state index contributed by atoms with van der Waals surface area (Å²) in [6.07, 6.45) is 4.56. The Bertz CT molecular complexity index is 855. The van der Waals surface area contributed by atoms with Crippen LogP contribution in [0.25, 0.3) is 0 Å². The number of carboxylic acid groups (broad SMARTS) is 1. The van der Waals surface area contributed by atoms with Crippen LogP contribution in [-0.4, -0.2) is 73.7 Å². The van der Waals surface area contributed by atoms with Gasteiger partial charge in [0.25, 0.3) is 0 Å². The minimum absolute atomic E-state index is 0.0152. The van der Waals surface area contributed by atoms with E-state index in [0.29, 0.717) is 43.9 Å². The summed E-state index contributed by atoms with van der Waals surface area (Å²) in [6, 6.07) is 6.97. The molecule has 1 aliphatic carbocycles. The Hall–Kier alpha value is -2.10. The molecule has 0 bridgehead atoms. The molecule has 1 saturated carbocycles. The average Bonchev–Trinajstić information content (AvgIpc) is 2.84. The molecule has 8 nitrogen and oxygen atoms in total. The molecule has 1 aromatic carbocycles.